The summed E-state index contributed by atoms with van der Waals surface area (Å²) in [5.41, 5.74) is 8.06. The number of hydrogen-bond acceptors (Lipinski definition) is 3. The van der Waals surface area contributed by atoms with E-state index >= 15 is 0 Å². The van der Waals surface area contributed by atoms with Crippen LogP contribution in [0.1, 0.15) is 23.1 Å². The second kappa shape index (κ2) is 3.82. The van der Waals surface area contributed by atoms with Gasteiger partial charge < -0.3 is 10.3 Å². The molecule has 2 N–H and O–H groups in total. The molecule has 0 aliphatic heterocycles. The maximum absolute atomic E-state index is 6.09. The summed E-state index contributed by atoms with van der Waals surface area (Å²) in [6.45, 7) is 1.95. The van der Waals surface area contributed by atoms with Crippen LogP contribution >= 0.6 is 0 Å². The van der Waals surface area contributed by atoms with Crippen LogP contribution in [0.4, 0.5) is 0 Å². The summed E-state index contributed by atoms with van der Waals surface area (Å²) >= 11 is 0. The van der Waals surface area contributed by atoms with Gasteiger partial charge in [0.25, 0.3) is 0 Å². The van der Waals surface area contributed by atoms with Gasteiger partial charge in [-0.1, -0.05) is 6.07 Å². The average molecular weight is 202 g/mol. The zero-order valence-corrected chi connectivity index (χ0v) is 8.88. The molecule has 78 valence electrons. The quantitative estimate of drug-likeness (QED) is 0.795. The Bertz CT molecular complexity index is 444. The van der Waals surface area contributed by atoms with Gasteiger partial charge >= 0.3 is 0 Å². The number of aryl methyl sites for hydroxylation is 2. The number of nitrogens with zero attached hydrogens (tertiary/aromatic N) is 3. The third-order valence-electron chi connectivity index (χ3n) is 2.43. The number of rotatable bonds is 2. The Kier molecular flexibility index (Phi) is 2.51. The zero-order valence-electron chi connectivity index (χ0n) is 8.88. The molecule has 15 heavy (non-hydrogen) atoms. The zero-order chi connectivity index (χ0) is 10.8. The minimum Gasteiger partial charge on any atom is -0.336 e. The molecule has 0 bridgehead atoms. The molecule has 1 atom stereocenters. The van der Waals surface area contributed by atoms with Crippen molar-refractivity contribution in [1.82, 2.24) is 14.5 Å². The van der Waals surface area contributed by atoms with Gasteiger partial charge in [-0.05, 0) is 18.6 Å². The summed E-state index contributed by atoms with van der Waals surface area (Å²) in [6.07, 6.45) is 5.43. The Morgan fingerprint density at radius 1 is 1.33 bits per heavy atom. The molecule has 0 amide bonds. The summed E-state index contributed by atoms with van der Waals surface area (Å²) in [4.78, 5) is 8.45. The van der Waals surface area contributed by atoms with E-state index in [0.29, 0.717) is 0 Å². The fourth-order valence-electron chi connectivity index (χ4n) is 1.49. The molecular formula is C11H14N4. The molecule has 4 heteroatoms. The van der Waals surface area contributed by atoms with Crippen molar-refractivity contribution in [3.05, 3.63) is 47.8 Å². The fourth-order valence-corrected chi connectivity index (χ4v) is 1.49. The first-order valence-corrected chi connectivity index (χ1v) is 4.84. The maximum atomic E-state index is 6.09. The molecule has 4 nitrogen and oxygen atoms in total. The van der Waals surface area contributed by atoms with Crippen LogP contribution in [0.25, 0.3) is 0 Å². The Labute approximate surface area is 88.8 Å². The lowest BCUT2D eigenvalue weighted by Gasteiger charge is -2.11. The number of aromatic nitrogens is 3. The third-order valence-corrected chi connectivity index (χ3v) is 2.43. The predicted molar refractivity (Wildman–Crippen MR) is 58.2 cm³/mol. The van der Waals surface area contributed by atoms with Crippen LogP contribution in [0.2, 0.25) is 0 Å². The van der Waals surface area contributed by atoms with Crippen molar-refractivity contribution < 1.29 is 0 Å². The van der Waals surface area contributed by atoms with Gasteiger partial charge in [0.1, 0.15) is 5.82 Å². The van der Waals surface area contributed by atoms with E-state index in [1.54, 1.807) is 12.4 Å². The summed E-state index contributed by atoms with van der Waals surface area (Å²) in [5.74, 6) is 0.848. The first kappa shape index (κ1) is 9.86. The topological polar surface area (TPSA) is 56.7 Å². The summed E-state index contributed by atoms with van der Waals surface area (Å²) in [6, 6.07) is 3.73. The van der Waals surface area contributed by atoms with E-state index in [1.807, 2.05) is 36.9 Å². The van der Waals surface area contributed by atoms with Crippen molar-refractivity contribution in [2.45, 2.75) is 13.0 Å². The monoisotopic (exact) mass is 202 g/mol. The Balaban J connectivity index is 2.32. The average Bonchev–Trinajstić information content (AvgIpc) is 2.65. The lowest BCUT2D eigenvalue weighted by molar-refractivity contribution is 0.714. The smallest absolute Gasteiger partial charge is 0.130 e. The number of pyridine rings is 1. The van der Waals surface area contributed by atoms with Gasteiger partial charge in [-0.3, -0.25) is 4.98 Å². The molecule has 0 saturated heterocycles. The van der Waals surface area contributed by atoms with Gasteiger partial charge in [-0.15, -0.1) is 0 Å². The molecule has 0 saturated carbocycles. The van der Waals surface area contributed by atoms with Crippen LogP contribution in [0.15, 0.2) is 30.7 Å². The van der Waals surface area contributed by atoms with Crippen molar-refractivity contribution in [2.75, 3.05) is 0 Å². The Hall–Kier alpha value is -1.68. The van der Waals surface area contributed by atoms with Crippen molar-refractivity contribution in [2.24, 2.45) is 12.8 Å². The summed E-state index contributed by atoms with van der Waals surface area (Å²) in [5, 5.41) is 0. The fraction of sp³-hybridized carbons (Fsp3) is 0.273. The van der Waals surface area contributed by atoms with Crippen molar-refractivity contribution in [3.8, 4) is 0 Å². The van der Waals surface area contributed by atoms with E-state index in [2.05, 4.69) is 9.97 Å². The number of imidazole rings is 1. The van der Waals surface area contributed by atoms with E-state index < -0.39 is 0 Å². The molecule has 2 aromatic heterocycles. The molecule has 0 aromatic carbocycles. The highest BCUT2D eigenvalue weighted by Gasteiger charge is 2.12. The summed E-state index contributed by atoms with van der Waals surface area (Å²) in [7, 11) is 1.93. The van der Waals surface area contributed by atoms with Gasteiger partial charge in [-0.2, -0.15) is 0 Å². The lowest BCUT2D eigenvalue weighted by Crippen LogP contribution is -2.16. The lowest BCUT2D eigenvalue weighted by atomic mass is 10.1. The Morgan fingerprint density at radius 2 is 2.13 bits per heavy atom. The van der Waals surface area contributed by atoms with E-state index in [4.69, 9.17) is 5.73 Å². The minimum absolute atomic E-state index is 0.210. The van der Waals surface area contributed by atoms with E-state index in [9.17, 15) is 0 Å². The van der Waals surface area contributed by atoms with E-state index in [1.165, 1.54) is 0 Å². The van der Waals surface area contributed by atoms with Gasteiger partial charge in [0, 0.05) is 31.3 Å². The largest absolute Gasteiger partial charge is 0.336 e. The van der Waals surface area contributed by atoms with Gasteiger partial charge in [0.15, 0.2) is 0 Å². The second-order valence-corrected chi connectivity index (χ2v) is 3.61. The molecule has 0 radical (unpaired) electrons. The molecule has 0 fully saturated rings. The standard InChI is InChI=1S/C11H14N4/c1-8-3-4-9(7-14-8)10(12)11-13-5-6-15(11)2/h3-7,10H,12H2,1-2H3. The highest BCUT2D eigenvalue weighted by atomic mass is 15.1. The Morgan fingerprint density at radius 3 is 2.67 bits per heavy atom. The van der Waals surface area contributed by atoms with Gasteiger partial charge in [0.05, 0.1) is 6.04 Å². The van der Waals surface area contributed by atoms with Crippen molar-refractivity contribution >= 4 is 0 Å². The van der Waals surface area contributed by atoms with Crippen LogP contribution < -0.4 is 5.73 Å². The molecular weight excluding hydrogens is 188 g/mol. The number of hydrogen-bond donors (Lipinski definition) is 1. The van der Waals surface area contributed by atoms with Crippen LogP contribution in [0.5, 0.6) is 0 Å². The van der Waals surface area contributed by atoms with Crippen LogP contribution in [0.3, 0.4) is 0 Å². The third kappa shape index (κ3) is 1.89. The van der Waals surface area contributed by atoms with Gasteiger partial charge in [-0.25, -0.2) is 4.98 Å². The summed E-state index contributed by atoms with van der Waals surface area (Å²) < 4.78 is 1.92. The van der Waals surface area contributed by atoms with E-state index in [-0.39, 0.29) is 6.04 Å². The van der Waals surface area contributed by atoms with Crippen molar-refractivity contribution in [1.29, 1.82) is 0 Å². The van der Waals surface area contributed by atoms with Crippen LogP contribution in [0, 0.1) is 6.92 Å². The highest BCUT2D eigenvalue weighted by molar-refractivity contribution is 5.22. The van der Waals surface area contributed by atoms with E-state index in [0.717, 1.165) is 17.1 Å². The van der Waals surface area contributed by atoms with Crippen LogP contribution in [-0.4, -0.2) is 14.5 Å². The first-order valence-electron chi connectivity index (χ1n) is 4.84. The molecule has 2 aromatic rings. The predicted octanol–water partition coefficient (Wildman–Crippen LogP) is 1.17. The second-order valence-electron chi connectivity index (χ2n) is 3.61. The van der Waals surface area contributed by atoms with Crippen molar-refractivity contribution in [3.63, 3.8) is 0 Å². The first-order chi connectivity index (χ1) is 7.18. The molecule has 0 aliphatic carbocycles. The molecule has 2 heterocycles. The van der Waals surface area contributed by atoms with Gasteiger partial charge in [0.2, 0.25) is 0 Å². The minimum atomic E-state index is -0.210. The molecule has 0 spiro atoms. The molecule has 0 aliphatic rings. The molecule has 2 rings (SSSR count). The maximum Gasteiger partial charge on any atom is 0.130 e. The number of nitrogens with two attached hydrogens (primary N) is 1. The normalized spacial score (nSPS) is 12.7. The SMILES string of the molecule is Cc1ccc(C(N)c2nccn2C)cn1. The van der Waals surface area contributed by atoms with Crippen LogP contribution in [-0.2, 0) is 7.05 Å². The highest BCUT2D eigenvalue weighted by Crippen LogP contribution is 2.16. The molecule has 1 unspecified atom stereocenters.